The standard InChI is InChI=1S/C22H11BrCl2N2OS/c23-15-3-1-13(2-4-15)20-12-29-22(27-20)14(11-26)9-17-6-8-21(28-17)18-7-5-16(24)10-19(18)25/h1-10,12H/b14-9+. The highest BCUT2D eigenvalue weighted by molar-refractivity contribution is 9.10. The third-order valence-electron chi connectivity index (χ3n) is 4.10. The van der Waals surface area contributed by atoms with Crippen molar-refractivity contribution in [1.29, 1.82) is 5.26 Å². The average Bonchev–Trinajstić information content (AvgIpc) is 3.36. The van der Waals surface area contributed by atoms with E-state index in [0.29, 0.717) is 32.1 Å². The van der Waals surface area contributed by atoms with Crippen molar-refractivity contribution in [1.82, 2.24) is 4.98 Å². The van der Waals surface area contributed by atoms with E-state index in [9.17, 15) is 5.26 Å². The van der Waals surface area contributed by atoms with Gasteiger partial charge in [0.2, 0.25) is 0 Å². The van der Waals surface area contributed by atoms with Gasteiger partial charge in [-0.1, -0.05) is 51.3 Å². The van der Waals surface area contributed by atoms with Crippen LogP contribution in [0.5, 0.6) is 0 Å². The maximum atomic E-state index is 9.62. The predicted octanol–water partition coefficient (Wildman–Crippen LogP) is 8.20. The summed E-state index contributed by atoms with van der Waals surface area (Å²) in [7, 11) is 0. The van der Waals surface area contributed by atoms with Gasteiger partial charge in [0.1, 0.15) is 22.6 Å². The molecular weight excluding hydrogens is 491 g/mol. The van der Waals surface area contributed by atoms with Crippen molar-refractivity contribution in [2.75, 3.05) is 0 Å². The molecule has 7 heteroatoms. The first-order chi connectivity index (χ1) is 14.0. The van der Waals surface area contributed by atoms with Gasteiger partial charge in [-0.05, 0) is 42.5 Å². The summed E-state index contributed by atoms with van der Waals surface area (Å²) in [5.41, 5.74) is 2.99. The Bertz CT molecular complexity index is 1250. The number of thiazole rings is 1. The van der Waals surface area contributed by atoms with E-state index in [1.165, 1.54) is 11.3 Å². The lowest BCUT2D eigenvalue weighted by atomic mass is 10.2. The highest BCUT2D eigenvalue weighted by atomic mass is 79.9. The minimum atomic E-state index is 0.432. The van der Waals surface area contributed by atoms with E-state index < -0.39 is 0 Å². The summed E-state index contributed by atoms with van der Waals surface area (Å²) >= 11 is 17.0. The van der Waals surface area contributed by atoms with E-state index in [1.807, 2.05) is 35.7 Å². The molecule has 0 amide bonds. The largest absolute Gasteiger partial charge is 0.457 e. The smallest absolute Gasteiger partial charge is 0.136 e. The van der Waals surface area contributed by atoms with E-state index >= 15 is 0 Å². The molecule has 0 saturated heterocycles. The molecule has 0 aliphatic rings. The third-order valence-corrected chi connectivity index (χ3v) is 6.06. The number of benzene rings is 2. The first-order valence-corrected chi connectivity index (χ1v) is 10.9. The number of furan rings is 1. The predicted molar refractivity (Wildman–Crippen MR) is 123 cm³/mol. The van der Waals surface area contributed by atoms with Crippen LogP contribution in [0.2, 0.25) is 10.0 Å². The number of hydrogen-bond acceptors (Lipinski definition) is 4. The molecule has 0 unspecified atom stereocenters. The molecule has 0 N–H and O–H groups in total. The number of nitriles is 1. The van der Waals surface area contributed by atoms with Crippen LogP contribution in [0.15, 0.2) is 68.9 Å². The molecule has 0 spiro atoms. The second-order valence-electron chi connectivity index (χ2n) is 6.04. The number of allylic oxidation sites excluding steroid dienone is 1. The van der Waals surface area contributed by atoms with E-state index in [1.54, 1.807) is 30.3 Å². The van der Waals surface area contributed by atoms with Crippen LogP contribution in [0.4, 0.5) is 0 Å². The molecule has 3 nitrogen and oxygen atoms in total. The average molecular weight is 502 g/mol. The first-order valence-electron chi connectivity index (χ1n) is 8.42. The number of nitrogens with zero attached hydrogens (tertiary/aromatic N) is 2. The normalized spacial score (nSPS) is 11.4. The third kappa shape index (κ3) is 4.47. The monoisotopic (exact) mass is 500 g/mol. The Hall–Kier alpha value is -2.36. The first kappa shape index (κ1) is 19.9. The molecule has 2 heterocycles. The number of rotatable bonds is 4. The van der Waals surface area contributed by atoms with Crippen molar-refractivity contribution >= 4 is 62.1 Å². The van der Waals surface area contributed by atoms with Crippen molar-refractivity contribution < 1.29 is 4.42 Å². The zero-order valence-corrected chi connectivity index (χ0v) is 18.6. The zero-order valence-electron chi connectivity index (χ0n) is 14.7. The molecule has 142 valence electrons. The summed E-state index contributed by atoms with van der Waals surface area (Å²) in [6, 6.07) is 18.9. The van der Waals surface area contributed by atoms with Crippen molar-refractivity contribution in [2.45, 2.75) is 0 Å². The SMILES string of the molecule is N#C/C(=C\c1ccc(-c2ccc(Cl)cc2Cl)o1)c1nc(-c2ccc(Br)cc2)cs1. The van der Waals surface area contributed by atoms with Gasteiger partial charge in [-0.25, -0.2) is 4.98 Å². The molecule has 2 aromatic heterocycles. The molecule has 0 bridgehead atoms. The maximum Gasteiger partial charge on any atom is 0.136 e. The van der Waals surface area contributed by atoms with Gasteiger partial charge >= 0.3 is 0 Å². The highest BCUT2D eigenvalue weighted by Gasteiger charge is 2.12. The van der Waals surface area contributed by atoms with Crippen molar-refractivity contribution in [2.24, 2.45) is 0 Å². The molecular formula is C22H11BrCl2N2OS. The van der Waals surface area contributed by atoms with E-state index in [0.717, 1.165) is 21.3 Å². The zero-order chi connectivity index (χ0) is 20.4. The molecule has 0 radical (unpaired) electrons. The molecule has 4 rings (SSSR count). The number of hydrogen-bond donors (Lipinski definition) is 0. The van der Waals surface area contributed by atoms with Crippen LogP contribution < -0.4 is 0 Å². The van der Waals surface area contributed by atoms with Crippen molar-refractivity contribution in [3.63, 3.8) is 0 Å². The topological polar surface area (TPSA) is 49.8 Å². The molecule has 0 aliphatic heterocycles. The molecule has 0 aliphatic carbocycles. The van der Waals surface area contributed by atoms with Crippen molar-refractivity contribution in [3.8, 4) is 28.7 Å². The second kappa shape index (κ2) is 8.56. The van der Waals surface area contributed by atoms with E-state index in [4.69, 9.17) is 27.6 Å². The van der Waals surface area contributed by atoms with Gasteiger partial charge in [0, 0.05) is 32.1 Å². The second-order valence-corrected chi connectivity index (χ2v) is 8.66. The fourth-order valence-electron chi connectivity index (χ4n) is 2.70. The van der Waals surface area contributed by atoms with E-state index in [2.05, 4.69) is 27.0 Å². The Kier molecular flexibility index (Phi) is 5.89. The fourth-order valence-corrected chi connectivity index (χ4v) is 4.26. The lowest BCUT2D eigenvalue weighted by Gasteiger charge is -2.01. The lowest BCUT2D eigenvalue weighted by Crippen LogP contribution is -1.82. The molecule has 0 atom stereocenters. The Labute approximate surface area is 190 Å². The van der Waals surface area contributed by atoms with Gasteiger partial charge in [0.15, 0.2) is 0 Å². The van der Waals surface area contributed by atoms with Crippen LogP contribution in [0.3, 0.4) is 0 Å². The van der Waals surface area contributed by atoms with Gasteiger partial charge in [-0.15, -0.1) is 11.3 Å². The van der Waals surface area contributed by atoms with Crippen LogP contribution in [-0.2, 0) is 0 Å². The molecule has 4 aromatic rings. The summed E-state index contributed by atoms with van der Waals surface area (Å²) in [5.74, 6) is 1.15. The molecule has 0 saturated carbocycles. The quantitative estimate of drug-likeness (QED) is 0.265. The summed E-state index contributed by atoms with van der Waals surface area (Å²) in [4.78, 5) is 4.60. The minimum absolute atomic E-state index is 0.432. The van der Waals surface area contributed by atoms with Gasteiger partial charge in [0.25, 0.3) is 0 Å². The van der Waals surface area contributed by atoms with Gasteiger partial charge in [0.05, 0.1) is 16.3 Å². The van der Waals surface area contributed by atoms with Crippen LogP contribution in [0.1, 0.15) is 10.8 Å². The summed E-state index contributed by atoms with van der Waals surface area (Å²) in [5, 5.41) is 13.2. The highest BCUT2D eigenvalue weighted by Crippen LogP contribution is 2.33. The summed E-state index contributed by atoms with van der Waals surface area (Å²) < 4.78 is 6.87. The minimum Gasteiger partial charge on any atom is -0.457 e. The van der Waals surface area contributed by atoms with Crippen LogP contribution in [0.25, 0.3) is 34.2 Å². The van der Waals surface area contributed by atoms with Crippen LogP contribution in [0, 0.1) is 11.3 Å². The fraction of sp³-hybridized carbons (Fsp3) is 0. The number of aromatic nitrogens is 1. The summed E-state index contributed by atoms with van der Waals surface area (Å²) in [6.45, 7) is 0. The Morgan fingerprint density at radius 2 is 1.90 bits per heavy atom. The Morgan fingerprint density at radius 3 is 2.62 bits per heavy atom. The molecule has 29 heavy (non-hydrogen) atoms. The van der Waals surface area contributed by atoms with Gasteiger partial charge < -0.3 is 4.42 Å². The maximum absolute atomic E-state index is 9.62. The lowest BCUT2D eigenvalue weighted by molar-refractivity contribution is 0.572. The van der Waals surface area contributed by atoms with Crippen LogP contribution in [-0.4, -0.2) is 4.98 Å². The summed E-state index contributed by atoms with van der Waals surface area (Å²) in [6.07, 6.45) is 1.68. The number of halogens is 3. The Balaban J connectivity index is 1.63. The Morgan fingerprint density at radius 1 is 1.10 bits per heavy atom. The molecule has 2 aromatic carbocycles. The van der Waals surface area contributed by atoms with Gasteiger partial charge in [-0.3, -0.25) is 0 Å². The van der Waals surface area contributed by atoms with Crippen molar-refractivity contribution in [3.05, 3.63) is 85.3 Å². The van der Waals surface area contributed by atoms with E-state index in [-0.39, 0.29) is 0 Å². The van der Waals surface area contributed by atoms with Gasteiger partial charge in [-0.2, -0.15) is 5.26 Å². The van der Waals surface area contributed by atoms with Crippen LogP contribution >= 0.6 is 50.5 Å². The molecule has 0 fully saturated rings.